The molecule has 0 aliphatic rings. The molecule has 2 atom stereocenters. The van der Waals surface area contributed by atoms with Crippen LogP contribution in [-0.4, -0.2) is 67.9 Å². The fourth-order valence-electron chi connectivity index (χ4n) is 3.42. The highest BCUT2D eigenvalue weighted by atomic mass is 16.4. The van der Waals surface area contributed by atoms with E-state index in [2.05, 4.69) is 30.6 Å². The summed E-state index contributed by atoms with van der Waals surface area (Å²) in [5.41, 5.74) is 13.9. The number of hydrogen-bond acceptors (Lipinski definition) is 11. The highest BCUT2D eigenvalue weighted by Gasteiger charge is 2.22. The van der Waals surface area contributed by atoms with E-state index in [-0.39, 0.29) is 24.6 Å². The van der Waals surface area contributed by atoms with Gasteiger partial charge in [0.1, 0.15) is 12.3 Å². The zero-order valence-corrected chi connectivity index (χ0v) is 19.5. The van der Waals surface area contributed by atoms with Crippen molar-refractivity contribution in [3.63, 3.8) is 0 Å². The van der Waals surface area contributed by atoms with Crippen LogP contribution in [0.3, 0.4) is 0 Å². The van der Waals surface area contributed by atoms with Crippen molar-refractivity contribution in [1.29, 1.82) is 0 Å². The highest BCUT2D eigenvalue weighted by Crippen LogP contribution is 2.19. The van der Waals surface area contributed by atoms with E-state index in [1.807, 2.05) is 18.9 Å². The van der Waals surface area contributed by atoms with E-state index in [0.717, 1.165) is 5.69 Å². The number of nitrogens with zero attached hydrogens (tertiary/aromatic N) is 5. The lowest BCUT2D eigenvalue weighted by Crippen LogP contribution is -2.42. The van der Waals surface area contributed by atoms with Crippen molar-refractivity contribution in [3.8, 4) is 0 Å². The minimum atomic E-state index is -1.16. The Morgan fingerprint density at radius 1 is 1.11 bits per heavy atom. The van der Waals surface area contributed by atoms with Crippen molar-refractivity contribution in [2.45, 2.75) is 38.6 Å². The van der Waals surface area contributed by atoms with Gasteiger partial charge in [0.2, 0.25) is 5.95 Å². The molecule has 1 unspecified atom stereocenters. The minimum absolute atomic E-state index is 0.0269. The van der Waals surface area contributed by atoms with Gasteiger partial charge >= 0.3 is 5.97 Å². The number of aliphatic hydroxyl groups excluding tert-OH is 1. The van der Waals surface area contributed by atoms with Crippen LogP contribution in [0.1, 0.15) is 35.8 Å². The topological polar surface area (TPSA) is 205 Å². The standard InChI is InChI=1S/C22H29N9O4/c1-3-25-16(32)9-8-15(21(34)35)28-20(33)12-4-6-14(7-5-12)31(2)11-13-10-26-19-17(27-13)18(23)29-22(24)30-19/h4-7,10,15-16,25,32H,3,8-9,11H2,1-2H3,(H,28,33)(H,34,35)(H4,23,24,26,29,30)/t15-,16?/m1/s1. The number of amides is 1. The van der Waals surface area contributed by atoms with Crippen LogP contribution in [0.5, 0.6) is 0 Å². The van der Waals surface area contributed by atoms with E-state index >= 15 is 0 Å². The Bertz CT molecular complexity index is 1190. The Morgan fingerprint density at radius 3 is 2.49 bits per heavy atom. The van der Waals surface area contributed by atoms with Gasteiger partial charge in [-0.05, 0) is 43.7 Å². The van der Waals surface area contributed by atoms with Gasteiger partial charge in [0, 0.05) is 18.3 Å². The summed E-state index contributed by atoms with van der Waals surface area (Å²) in [5, 5.41) is 24.5. The minimum Gasteiger partial charge on any atom is -0.480 e. The molecular formula is C22H29N9O4. The smallest absolute Gasteiger partial charge is 0.326 e. The highest BCUT2D eigenvalue weighted by molar-refractivity contribution is 5.96. The number of benzene rings is 1. The predicted molar refractivity (Wildman–Crippen MR) is 130 cm³/mol. The van der Waals surface area contributed by atoms with Crippen molar-refractivity contribution >= 4 is 40.5 Å². The maximum absolute atomic E-state index is 12.6. The maximum Gasteiger partial charge on any atom is 0.326 e. The van der Waals surface area contributed by atoms with Crippen LogP contribution >= 0.6 is 0 Å². The molecule has 0 aliphatic carbocycles. The number of carbonyl (C=O) groups is 2. The van der Waals surface area contributed by atoms with E-state index in [4.69, 9.17) is 11.5 Å². The number of rotatable bonds is 11. The zero-order chi connectivity index (χ0) is 25.5. The number of aliphatic carboxylic acids is 1. The van der Waals surface area contributed by atoms with Crippen LogP contribution in [0.25, 0.3) is 11.2 Å². The Labute approximate surface area is 201 Å². The van der Waals surface area contributed by atoms with Gasteiger partial charge in [-0.1, -0.05) is 6.92 Å². The first-order valence-corrected chi connectivity index (χ1v) is 11.0. The molecule has 0 bridgehead atoms. The van der Waals surface area contributed by atoms with Gasteiger partial charge in [-0.15, -0.1) is 0 Å². The molecule has 13 nitrogen and oxygen atoms in total. The molecule has 2 heterocycles. The molecule has 0 saturated heterocycles. The summed E-state index contributed by atoms with van der Waals surface area (Å²) in [6.45, 7) is 2.78. The molecule has 1 amide bonds. The molecule has 0 fully saturated rings. The Balaban J connectivity index is 1.63. The van der Waals surface area contributed by atoms with Crippen molar-refractivity contribution in [1.82, 2.24) is 30.6 Å². The Morgan fingerprint density at radius 2 is 1.83 bits per heavy atom. The molecule has 0 radical (unpaired) electrons. The molecular weight excluding hydrogens is 454 g/mol. The average molecular weight is 484 g/mol. The molecule has 2 aromatic heterocycles. The molecule has 35 heavy (non-hydrogen) atoms. The number of nitrogen functional groups attached to an aromatic ring is 2. The first-order valence-electron chi connectivity index (χ1n) is 11.0. The quantitative estimate of drug-likeness (QED) is 0.201. The SMILES string of the molecule is CCNC(O)CC[C@@H](NC(=O)c1ccc(N(C)Cc2cnc3nc(N)nc(N)c3n2)cc1)C(=O)O. The van der Waals surface area contributed by atoms with Crippen LogP contribution in [0.2, 0.25) is 0 Å². The average Bonchev–Trinajstić information content (AvgIpc) is 2.82. The van der Waals surface area contributed by atoms with E-state index in [0.29, 0.717) is 35.5 Å². The molecule has 186 valence electrons. The van der Waals surface area contributed by atoms with Crippen LogP contribution in [-0.2, 0) is 11.3 Å². The van der Waals surface area contributed by atoms with Gasteiger partial charge in [0.25, 0.3) is 5.91 Å². The normalized spacial score (nSPS) is 12.8. The van der Waals surface area contributed by atoms with Gasteiger partial charge in [-0.3, -0.25) is 10.1 Å². The summed E-state index contributed by atoms with van der Waals surface area (Å²) in [5.74, 6) is -1.50. The number of aromatic nitrogens is 4. The van der Waals surface area contributed by atoms with Crippen molar-refractivity contribution in [2.75, 3.05) is 30.0 Å². The number of carbonyl (C=O) groups excluding carboxylic acids is 1. The molecule has 0 aliphatic heterocycles. The van der Waals surface area contributed by atoms with Crippen molar-refractivity contribution < 1.29 is 19.8 Å². The lowest BCUT2D eigenvalue weighted by molar-refractivity contribution is -0.139. The van der Waals surface area contributed by atoms with Crippen molar-refractivity contribution in [3.05, 3.63) is 41.7 Å². The van der Waals surface area contributed by atoms with E-state index in [9.17, 15) is 19.8 Å². The molecule has 3 aromatic rings. The number of carboxylic acid groups (broad SMARTS) is 1. The molecule has 13 heteroatoms. The third-order valence-corrected chi connectivity index (χ3v) is 5.24. The van der Waals surface area contributed by atoms with E-state index in [1.165, 1.54) is 0 Å². The van der Waals surface area contributed by atoms with Crippen LogP contribution in [0, 0.1) is 0 Å². The number of hydrogen-bond donors (Lipinski definition) is 6. The number of nitrogens with two attached hydrogens (primary N) is 2. The van der Waals surface area contributed by atoms with Crippen LogP contribution in [0.4, 0.5) is 17.5 Å². The van der Waals surface area contributed by atoms with Crippen molar-refractivity contribution in [2.24, 2.45) is 0 Å². The molecule has 0 spiro atoms. The fraction of sp³-hybridized carbons (Fsp3) is 0.364. The van der Waals surface area contributed by atoms with Crippen LogP contribution in [0.15, 0.2) is 30.5 Å². The van der Waals surface area contributed by atoms with Gasteiger partial charge in [-0.2, -0.15) is 9.97 Å². The number of aliphatic hydroxyl groups is 1. The largest absolute Gasteiger partial charge is 0.480 e. The summed E-state index contributed by atoms with van der Waals surface area (Å²) in [6, 6.07) is 5.58. The van der Waals surface area contributed by atoms with E-state index in [1.54, 1.807) is 30.5 Å². The summed E-state index contributed by atoms with van der Waals surface area (Å²) in [7, 11) is 1.85. The summed E-state index contributed by atoms with van der Waals surface area (Å²) >= 11 is 0. The number of anilines is 3. The zero-order valence-electron chi connectivity index (χ0n) is 19.5. The third kappa shape index (κ3) is 6.71. The summed E-state index contributed by atoms with van der Waals surface area (Å²) < 4.78 is 0. The number of carboxylic acids is 1. The third-order valence-electron chi connectivity index (χ3n) is 5.24. The lowest BCUT2D eigenvalue weighted by atomic mass is 10.1. The number of nitrogens with one attached hydrogen (secondary N) is 2. The molecule has 8 N–H and O–H groups in total. The second-order valence-electron chi connectivity index (χ2n) is 7.92. The summed E-state index contributed by atoms with van der Waals surface area (Å²) in [4.78, 5) is 42.6. The van der Waals surface area contributed by atoms with Gasteiger partial charge in [0.15, 0.2) is 17.0 Å². The first kappa shape index (κ1) is 25.5. The first-order chi connectivity index (χ1) is 16.7. The molecule has 0 saturated carbocycles. The Hall–Kier alpha value is -4.10. The van der Waals surface area contributed by atoms with Gasteiger partial charge in [0.05, 0.1) is 18.4 Å². The lowest BCUT2D eigenvalue weighted by Gasteiger charge is -2.20. The van der Waals surface area contributed by atoms with Gasteiger partial charge < -0.3 is 31.9 Å². The summed E-state index contributed by atoms with van der Waals surface area (Å²) in [6.07, 6.45) is 1.02. The predicted octanol–water partition coefficient (Wildman–Crippen LogP) is 0.112. The maximum atomic E-state index is 12.6. The second-order valence-corrected chi connectivity index (χ2v) is 7.92. The van der Waals surface area contributed by atoms with Gasteiger partial charge in [-0.25, -0.2) is 14.8 Å². The fourth-order valence-corrected chi connectivity index (χ4v) is 3.42. The molecule has 3 rings (SSSR count). The monoisotopic (exact) mass is 483 g/mol. The van der Waals surface area contributed by atoms with Crippen LogP contribution < -0.4 is 27.0 Å². The number of fused-ring (bicyclic) bond motifs is 1. The Kier molecular flexibility index (Phi) is 8.28. The molecule has 1 aromatic carbocycles. The second kappa shape index (κ2) is 11.4. The van der Waals surface area contributed by atoms with E-state index < -0.39 is 24.1 Å².